The van der Waals surface area contributed by atoms with Crippen LogP contribution in [0.5, 0.6) is 0 Å². The molecule has 9 heavy (non-hydrogen) atoms. The topological polar surface area (TPSA) is 3.24 Å². The number of piperidine rings is 1. The summed E-state index contributed by atoms with van der Waals surface area (Å²) in [5.74, 6) is 1.14. The lowest BCUT2D eigenvalue weighted by Crippen LogP contribution is -2.27. The van der Waals surface area contributed by atoms with Crippen LogP contribution in [0.1, 0.15) is 25.7 Å². The predicted molar refractivity (Wildman–Crippen MR) is 36.3 cm³/mol. The van der Waals surface area contributed by atoms with Gasteiger partial charge in [-0.25, -0.2) is 0 Å². The Kier molecular flexibility index (Phi) is 0.628. The summed E-state index contributed by atoms with van der Waals surface area (Å²) < 4.78 is 0. The van der Waals surface area contributed by atoms with E-state index in [9.17, 15) is 0 Å². The van der Waals surface area contributed by atoms with Gasteiger partial charge in [0.15, 0.2) is 0 Å². The highest BCUT2D eigenvalue weighted by Crippen LogP contribution is 2.60. The van der Waals surface area contributed by atoms with Gasteiger partial charge in [-0.3, -0.25) is 4.90 Å². The Bertz CT molecular complexity index is 153. The van der Waals surface area contributed by atoms with Crippen LogP contribution >= 0.6 is 0 Å². The van der Waals surface area contributed by atoms with Gasteiger partial charge >= 0.3 is 0 Å². The highest BCUT2D eigenvalue weighted by Gasteiger charge is 2.62. The summed E-state index contributed by atoms with van der Waals surface area (Å²) in [7, 11) is 0. The summed E-state index contributed by atoms with van der Waals surface area (Å²) in [5, 5.41) is 0. The third-order valence-corrected chi connectivity index (χ3v) is 3.61. The van der Waals surface area contributed by atoms with E-state index in [1.807, 2.05) is 0 Å². The molecule has 2 atom stereocenters. The first kappa shape index (κ1) is 4.73. The van der Waals surface area contributed by atoms with Crippen LogP contribution in [0.3, 0.4) is 0 Å². The average Bonchev–Trinajstić information content (AvgIpc) is 2.30. The maximum absolute atomic E-state index is 2.73. The summed E-state index contributed by atoms with van der Waals surface area (Å²) in [5.41, 5.74) is 0.806. The van der Waals surface area contributed by atoms with E-state index >= 15 is 0 Å². The summed E-state index contributed by atoms with van der Waals surface area (Å²) in [6.07, 6.45) is 6.07. The summed E-state index contributed by atoms with van der Waals surface area (Å²) in [4.78, 5) is 2.73. The Morgan fingerprint density at radius 3 is 3.11 bits per heavy atom. The molecule has 1 heteroatoms. The molecule has 0 bridgehead atoms. The third-order valence-electron chi connectivity index (χ3n) is 3.61. The van der Waals surface area contributed by atoms with Gasteiger partial charge in [0.2, 0.25) is 0 Å². The van der Waals surface area contributed by atoms with Crippen LogP contribution in [-0.4, -0.2) is 23.5 Å². The van der Waals surface area contributed by atoms with Crippen LogP contribution < -0.4 is 0 Å². The van der Waals surface area contributed by atoms with Crippen LogP contribution in [0.15, 0.2) is 0 Å². The fourth-order valence-corrected chi connectivity index (χ4v) is 3.03. The smallest absolute Gasteiger partial charge is 0.0242 e. The van der Waals surface area contributed by atoms with Crippen molar-refractivity contribution in [3.05, 3.63) is 0 Å². The van der Waals surface area contributed by atoms with Crippen LogP contribution in [-0.2, 0) is 0 Å². The Labute approximate surface area is 56.0 Å². The van der Waals surface area contributed by atoms with E-state index in [1.54, 1.807) is 6.42 Å². The van der Waals surface area contributed by atoms with Crippen molar-refractivity contribution >= 4 is 0 Å². The minimum atomic E-state index is 0.806. The maximum atomic E-state index is 2.73. The summed E-state index contributed by atoms with van der Waals surface area (Å²) in [6, 6.07) is 0. The fourth-order valence-electron chi connectivity index (χ4n) is 3.03. The van der Waals surface area contributed by atoms with E-state index in [-0.39, 0.29) is 0 Å². The molecule has 2 heterocycles. The predicted octanol–water partition coefficient (Wildman–Crippen LogP) is 1.24. The molecule has 2 saturated heterocycles. The van der Waals surface area contributed by atoms with Crippen molar-refractivity contribution in [3.63, 3.8) is 0 Å². The molecule has 0 radical (unpaired) electrons. The Balaban J connectivity index is 1.99. The van der Waals surface area contributed by atoms with Gasteiger partial charge in [0.05, 0.1) is 0 Å². The van der Waals surface area contributed by atoms with Crippen molar-refractivity contribution in [2.75, 3.05) is 13.1 Å². The summed E-state index contributed by atoms with van der Waals surface area (Å²) in [6.45, 7) is 2.83. The highest BCUT2D eigenvalue weighted by molar-refractivity contribution is 5.18. The molecule has 0 aromatic rings. The number of hydrogen-bond donors (Lipinski definition) is 0. The molecule has 0 aromatic heterocycles. The molecule has 2 aliphatic heterocycles. The van der Waals surface area contributed by atoms with Gasteiger partial charge in [-0.15, -0.1) is 0 Å². The molecular weight excluding hydrogens is 110 g/mol. The van der Waals surface area contributed by atoms with Crippen molar-refractivity contribution < 1.29 is 0 Å². The Morgan fingerprint density at radius 1 is 1.33 bits per heavy atom. The zero-order chi connectivity index (χ0) is 5.90. The van der Waals surface area contributed by atoms with E-state index in [4.69, 9.17) is 0 Å². The lowest BCUT2D eigenvalue weighted by atomic mass is 10.1. The quantitative estimate of drug-likeness (QED) is 0.468. The van der Waals surface area contributed by atoms with Gasteiger partial charge in [-0.2, -0.15) is 0 Å². The van der Waals surface area contributed by atoms with E-state index < -0.39 is 0 Å². The molecule has 0 aromatic carbocycles. The number of hydrogen-bond acceptors (Lipinski definition) is 1. The molecule has 0 N–H and O–H groups in total. The lowest BCUT2D eigenvalue weighted by Gasteiger charge is -2.17. The van der Waals surface area contributed by atoms with E-state index in [2.05, 4.69) is 4.90 Å². The lowest BCUT2D eigenvalue weighted by molar-refractivity contribution is 0.276. The van der Waals surface area contributed by atoms with Gasteiger partial charge in [0.1, 0.15) is 0 Å². The van der Waals surface area contributed by atoms with Crippen LogP contribution in [0.2, 0.25) is 0 Å². The highest BCUT2D eigenvalue weighted by atomic mass is 15.3. The number of nitrogens with zero attached hydrogens (tertiary/aromatic N) is 1. The first-order valence-electron chi connectivity index (χ1n) is 4.17. The Hall–Kier alpha value is -0.0400. The zero-order valence-corrected chi connectivity index (χ0v) is 5.77. The molecule has 3 fully saturated rings. The molecule has 1 saturated carbocycles. The minimum absolute atomic E-state index is 0.806. The van der Waals surface area contributed by atoms with Gasteiger partial charge in [0.25, 0.3) is 0 Å². The van der Waals surface area contributed by atoms with Gasteiger partial charge in [0, 0.05) is 5.54 Å². The van der Waals surface area contributed by atoms with E-state index in [0.717, 1.165) is 11.5 Å². The van der Waals surface area contributed by atoms with Crippen molar-refractivity contribution in [1.82, 2.24) is 4.90 Å². The first-order chi connectivity index (χ1) is 4.42. The molecule has 0 amide bonds. The first-order valence-corrected chi connectivity index (χ1v) is 4.17. The van der Waals surface area contributed by atoms with Gasteiger partial charge in [-0.1, -0.05) is 0 Å². The fraction of sp³-hybridized carbons (Fsp3) is 1.00. The van der Waals surface area contributed by atoms with Crippen molar-refractivity contribution in [2.24, 2.45) is 5.92 Å². The van der Waals surface area contributed by atoms with Gasteiger partial charge < -0.3 is 0 Å². The molecule has 1 aliphatic carbocycles. The number of rotatable bonds is 0. The second-order valence-electron chi connectivity index (χ2n) is 3.88. The molecule has 1 nitrogen and oxygen atoms in total. The molecule has 3 rings (SSSR count). The van der Waals surface area contributed by atoms with E-state index in [1.165, 1.54) is 32.4 Å². The monoisotopic (exact) mass is 123 g/mol. The van der Waals surface area contributed by atoms with Crippen LogP contribution in [0.4, 0.5) is 0 Å². The normalized spacial score (nSPS) is 55.3. The minimum Gasteiger partial charge on any atom is -0.297 e. The molecular formula is C8H13N. The SMILES string of the molecule is C1CN2CC[C@H]3C[C@@]32C1. The summed E-state index contributed by atoms with van der Waals surface area (Å²) >= 11 is 0. The third kappa shape index (κ3) is 0.389. The van der Waals surface area contributed by atoms with Crippen LogP contribution in [0.25, 0.3) is 0 Å². The molecule has 0 unspecified atom stereocenters. The molecule has 3 aliphatic rings. The maximum Gasteiger partial charge on any atom is 0.0242 e. The van der Waals surface area contributed by atoms with Crippen molar-refractivity contribution in [1.29, 1.82) is 0 Å². The standard InChI is InChI=1S/C8H13N/c1-3-8-6-7(8)2-5-9(8)4-1/h7H,1-6H2/t7-,8-/m0/s1. The van der Waals surface area contributed by atoms with Gasteiger partial charge in [-0.05, 0) is 44.7 Å². The van der Waals surface area contributed by atoms with E-state index in [0.29, 0.717) is 0 Å². The second kappa shape index (κ2) is 1.20. The largest absolute Gasteiger partial charge is 0.297 e. The average molecular weight is 123 g/mol. The molecule has 1 spiro atoms. The Morgan fingerprint density at radius 2 is 2.33 bits per heavy atom. The van der Waals surface area contributed by atoms with Crippen molar-refractivity contribution in [2.45, 2.75) is 31.2 Å². The van der Waals surface area contributed by atoms with Crippen molar-refractivity contribution in [3.8, 4) is 0 Å². The second-order valence-corrected chi connectivity index (χ2v) is 3.88. The van der Waals surface area contributed by atoms with Crippen LogP contribution in [0, 0.1) is 5.92 Å². The molecule has 50 valence electrons. The zero-order valence-electron chi connectivity index (χ0n) is 5.77.